The van der Waals surface area contributed by atoms with Gasteiger partial charge in [0.2, 0.25) is 0 Å². The molecule has 3 nitrogen and oxygen atoms in total. The Morgan fingerprint density at radius 2 is 1.88 bits per heavy atom. The second-order valence-corrected chi connectivity index (χ2v) is 9.49. The van der Waals surface area contributed by atoms with Gasteiger partial charge in [-0.2, -0.15) is 0 Å². The van der Waals surface area contributed by atoms with Gasteiger partial charge in [-0.25, -0.2) is 4.39 Å². The van der Waals surface area contributed by atoms with E-state index in [0.29, 0.717) is 28.8 Å². The van der Waals surface area contributed by atoms with E-state index in [1.54, 1.807) is 37.3 Å². The van der Waals surface area contributed by atoms with E-state index in [4.69, 9.17) is 0 Å². The highest BCUT2D eigenvalue weighted by Gasteiger charge is 2.26. The molecule has 0 unspecified atom stereocenters. The fourth-order valence-electron chi connectivity index (χ4n) is 4.49. The molecule has 174 valence electrons. The number of phenols is 1. The van der Waals surface area contributed by atoms with Gasteiger partial charge in [0.25, 0.3) is 5.91 Å². The highest BCUT2D eigenvalue weighted by atomic mass is 19.1. The van der Waals surface area contributed by atoms with Crippen LogP contribution < -0.4 is 5.32 Å². The SMILES string of the molecule is CCc1cc(C(=O)Nc2ccc(O)cc2)ccc1/C(F)=C(C)/C=C/C1=C(C)CCCC1(C)C. The lowest BCUT2D eigenvalue weighted by Gasteiger charge is -2.33. The second-order valence-electron chi connectivity index (χ2n) is 9.49. The van der Waals surface area contributed by atoms with Gasteiger partial charge in [0, 0.05) is 16.8 Å². The largest absolute Gasteiger partial charge is 0.508 e. The van der Waals surface area contributed by atoms with Crippen LogP contribution in [0.5, 0.6) is 5.75 Å². The smallest absolute Gasteiger partial charge is 0.255 e. The number of phenolic OH excluding ortho intramolecular Hbond substituents is 1. The normalized spacial score (nSPS) is 16.7. The predicted molar refractivity (Wildman–Crippen MR) is 135 cm³/mol. The van der Waals surface area contributed by atoms with E-state index in [9.17, 15) is 9.90 Å². The Balaban J connectivity index is 1.85. The molecule has 0 aliphatic heterocycles. The molecule has 0 aromatic heterocycles. The van der Waals surface area contributed by atoms with E-state index >= 15 is 4.39 Å². The molecule has 0 spiro atoms. The summed E-state index contributed by atoms with van der Waals surface area (Å²) in [6, 6.07) is 11.4. The Morgan fingerprint density at radius 3 is 2.52 bits per heavy atom. The van der Waals surface area contributed by atoms with Gasteiger partial charge in [-0.1, -0.05) is 44.6 Å². The lowest BCUT2D eigenvalue weighted by molar-refractivity contribution is 0.102. The first kappa shape index (κ1) is 24.5. The van der Waals surface area contributed by atoms with E-state index in [0.717, 1.165) is 18.4 Å². The summed E-state index contributed by atoms with van der Waals surface area (Å²) in [5.74, 6) is -0.402. The third-order valence-electron chi connectivity index (χ3n) is 6.50. The third-order valence-corrected chi connectivity index (χ3v) is 6.50. The summed E-state index contributed by atoms with van der Waals surface area (Å²) in [5.41, 5.74) is 5.73. The molecule has 3 rings (SSSR count). The van der Waals surface area contributed by atoms with Crippen LogP contribution in [-0.4, -0.2) is 11.0 Å². The molecule has 4 heteroatoms. The Morgan fingerprint density at radius 1 is 1.18 bits per heavy atom. The first-order valence-electron chi connectivity index (χ1n) is 11.6. The molecular formula is C29H34FNO2. The van der Waals surface area contributed by atoms with Gasteiger partial charge in [0.1, 0.15) is 11.6 Å². The molecule has 0 bridgehead atoms. The number of rotatable bonds is 6. The zero-order valence-electron chi connectivity index (χ0n) is 20.3. The number of allylic oxidation sites excluding steroid dienone is 5. The van der Waals surface area contributed by atoms with Crippen molar-refractivity contribution in [2.24, 2.45) is 5.41 Å². The number of nitrogens with one attached hydrogen (secondary N) is 1. The van der Waals surface area contributed by atoms with Crippen LogP contribution in [0.15, 0.2) is 71.3 Å². The predicted octanol–water partition coefficient (Wildman–Crippen LogP) is 7.99. The van der Waals surface area contributed by atoms with Gasteiger partial charge in [0.15, 0.2) is 0 Å². The summed E-state index contributed by atoms with van der Waals surface area (Å²) in [6.07, 6.45) is 8.01. The fourth-order valence-corrected chi connectivity index (χ4v) is 4.49. The highest BCUT2D eigenvalue weighted by molar-refractivity contribution is 6.04. The van der Waals surface area contributed by atoms with E-state index in [1.807, 2.05) is 13.0 Å². The lowest BCUT2D eigenvalue weighted by atomic mass is 9.72. The molecule has 1 amide bonds. The van der Waals surface area contributed by atoms with Crippen LogP contribution in [0.25, 0.3) is 5.83 Å². The lowest BCUT2D eigenvalue weighted by Crippen LogP contribution is -2.19. The average molecular weight is 448 g/mol. The van der Waals surface area contributed by atoms with Gasteiger partial charge in [0.05, 0.1) is 0 Å². The van der Waals surface area contributed by atoms with E-state index in [2.05, 4.69) is 32.2 Å². The third kappa shape index (κ3) is 5.81. The Kier molecular flexibility index (Phi) is 7.57. The standard InChI is InChI=1S/C29H34FNO2/c1-6-21-18-22(28(33)31-23-11-13-24(32)14-12-23)10-15-25(21)27(30)20(3)9-16-26-19(2)8-7-17-29(26,4)5/h9-16,18,32H,6-8,17H2,1-5H3,(H,31,33)/b16-9+,27-20-. The summed E-state index contributed by atoms with van der Waals surface area (Å²) >= 11 is 0. The number of aromatic hydroxyl groups is 1. The summed E-state index contributed by atoms with van der Waals surface area (Å²) < 4.78 is 15.4. The Labute approximate surface area is 196 Å². The van der Waals surface area contributed by atoms with Crippen molar-refractivity contribution in [2.75, 3.05) is 5.32 Å². The molecule has 2 aromatic carbocycles. The van der Waals surface area contributed by atoms with Gasteiger partial charge >= 0.3 is 0 Å². The van der Waals surface area contributed by atoms with E-state index in [-0.39, 0.29) is 22.9 Å². The van der Waals surface area contributed by atoms with Crippen molar-refractivity contribution in [3.63, 3.8) is 0 Å². The molecule has 2 aromatic rings. The molecular weight excluding hydrogens is 413 g/mol. The first-order chi connectivity index (χ1) is 15.6. The summed E-state index contributed by atoms with van der Waals surface area (Å²) in [4.78, 5) is 12.7. The van der Waals surface area contributed by atoms with Crippen LogP contribution >= 0.6 is 0 Å². The molecule has 1 aliphatic rings. The first-order valence-corrected chi connectivity index (χ1v) is 11.6. The number of hydrogen-bond donors (Lipinski definition) is 2. The maximum absolute atomic E-state index is 15.4. The van der Waals surface area contributed by atoms with Crippen molar-refractivity contribution in [3.8, 4) is 5.75 Å². The molecule has 0 radical (unpaired) electrons. The number of benzene rings is 2. The summed E-state index contributed by atoms with van der Waals surface area (Å²) in [5, 5.41) is 12.2. The van der Waals surface area contributed by atoms with Crippen LogP contribution in [-0.2, 0) is 6.42 Å². The summed E-state index contributed by atoms with van der Waals surface area (Å²) in [6.45, 7) is 10.4. The molecule has 1 aliphatic carbocycles. The van der Waals surface area contributed by atoms with E-state index < -0.39 is 0 Å². The van der Waals surface area contributed by atoms with Gasteiger partial charge in [-0.3, -0.25) is 4.79 Å². The number of amides is 1. The maximum atomic E-state index is 15.4. The molecule has 33 heavy (non-hydrogen) atoms. The average Bonchev–Trinajstić information content (AvgIpc) is 2.78. The molecule has 0 saturated carbocycles. The van der Waals surface area contributed by atoms with Gasteiger partial charge < -0.3 is 10.4 Å². The second kappa shape index (κ2) is 10.2. The number of carbonyl (C=O) groups excluding carboxylic acids is 1. The fraction of sp³-hybridized carbons (Fsp3) is 0.345. The van der Waals surface area contributed by atoms with Crippen LogP contribution in [0.2, 0.25) is 0 Å². The molecule has 0 atom stereocenters. The topological polar surface area (TPSA) is 49.3 Å². The number of anilines is 1. The summed E-state index contributed by atoms with van der Waals surface area (Å²) in [7, 11) is 0. The van der Waals surface area contributed by atoms with Gasteiger partial charge in [-0.15, -0.1) is 0 Å². The molecule has 0 saturated heterocycles. The van der Waals surface area contributed by atoms with Crippen LogP contribution in [0.1, 0.15) is 75.4 Å². The van der Waals surface area contributed by atoms with Crippen molar-refractivity contribution < 1.29 is 14.3 Å². The highest BCUT2D eigenvalue weighted by Crippen LogP contribution is 2.41. The minimum Gasteiger partial charge on any atom is -0.508 e. The van der Waals surface area contributed by atoms with Crippen LogP contribution in [0.4, 0.5) is 10.1 Å². The van der Waals surface area contributed by atoms with Crippen molar-refractivity contribution in [2.45, 2.75) is 60.3 Å². The number of hydrogen-bond acceptors (Lipinski definition) is 2. The van der Waals surface area contributed by atoms with Gasteiger partial charge in [-0.05, 0) is 98.1 Å². The minimum atomic E-state index is -0.273. The zero-order chi connectivity index (χ0) is 24.2. The molecule has 2 N–H and O–H groups in total. The zero-order valence-corrected chi connectivity index (χ0v) is 20.3. The quantitative estimate of drug-likeness (QED) is 0.348. The maximum Gasteiger partial charge on any atom is 0.255 e. The number of aryl methyl sites for hydroxylation is 1. The van der Waals surface area contributed by atoms with Crippen molar-refractivity contribution >= 4 is 17.4 Å². The van der Waals surface area contributed by atoms with Crippen molar-refractivity contribution in [1.29, 1.82) is 0 Å². The monoisotopic (exact) mass is 447 g/mol. The van der Waals surface area contributed by atoms with Crippen molar-refractivity contribution in [1.82, 2.24) is 0 Å². The van der Waals surface area contributed by atoms with Crippen LogP contribution in [0, 0.1) is 5.41 Å². The number of carbonyl (C=O) groups is 1. The Hall–Kier alpha value is -3.14. The Bertz CT molecular complexity index is 1120. The molecule has 0 heterocycles. The minimum absolute atomic E-state index is 0.108. The van der Waals surface area contributed by atoms with Crippen LogP contribution in [0.3, 0.4) is 0 Å². The van der Waals surface area contributed by atoms with Crippen molar-refractivity contribution in [3.05, 3.63) is 88.0 Å². The molecule has 0 fully saturated rings. The number of halogens is 1. The van der Waals surface area contributed by atoms with E-state index in [1.165, 1.54) is 29.7 Å².